The highest BCUT2D eigenvalue weighted by molar-refractivity contribution is 6.00. The molecule has 1 N–H and O–H groups in total. The highest BCUT2D eigenvalue weighted by Crippen LogP contribution is 2.43. The van der Waals surface area contributed by atoms with E-state index in [9.17, 15) is 4.79 Å². The summed E-state index contributed by atoms with van der Waals surface area (Å²) in [5.41, 5.74) is 4.19. The van der Waals surface area contributed by atoms with E-state index >= 15 is 0 Å². The molecule has 0 radical (unpaired) electrons. The number of carbonyl (C=O) groups excluding carboxylic acids is 1. The molecule has 1 aromatic heterocycles. The van der Waals surface area contributed by atoms with Crippen molar-refractivity contribution in [2.75, 3.05) is 34.0 Å². The van der Waals surface area contributed by atoms with Gasteiger partial charge < -0.3 is 19.1 Å². The Labute approximate surface area is 194 Å². The number of nitrogens with one attached hydrogen (secondary N) is 1. The van der Waals surface area contributed by atoms with E-state index in [1.54, 1.807) is 14.2 Å². The van der Waals surface area contributed by atoms with Crippen LogP contribution in [0.25, 0.3) is 11.3 Å². The Morgan fingerprint density at radius 3 is 2.36 bits per heavy atom. The molecule has 1 aliphatic rings. The monoisotopic (exact) mass is 449 g/mol. The molecular formula is C26H31N3O4. The first-order chi connectivity index (χ1) is 16.2. The van der Waals surface area contributed by atoms with Gasteiger partial charge in [0.15, 0.2) is 0 Å². The molecule has 4 rings (SSSR count). The molecule has 3 aromatic rings. The quantitative estimate of drug-likeness (QED) is 0.424. The largest absolute Gasteiger partial charge is 0.497 e. The van der Waals surface area contributed by atoms with Crippen molar-refractivity contribution in [1.82, 2.24) is 15.1 Å². The number of hydrogen-bond donors (Lipinski definition) is 1. The van der Waals surface area contributed by atoms with Gasteiger partial charge >= 0.3 is 0 Å². The van der Waals surface area contributed by atoms with E-state index in [1.165, 1.54) is 0 Å². The van der Waals surface area contributed by atoms with Crippen LogP contribution in [0.1, 0.15) is 53.8 Å². The molecular weight excluding hydrogens is 418 g/mol. The molecule has 2 heterocycles. The summed E-state index contributed by atoms with van der Waals surface area (Å²) < 4.78 is 16.4. The number of amides is 1. The average molecular weight is 450 g/mol. The number of fused-ring (bicyclic) bond motifs is 1. The maximum Gasteiger partial charge on any atom is 0.273 e. The Balaban J connectivity index is 1.70. The standard InChI is InChI=1S/C26H31N3O4/c1-4-5-17-33-21-13-9-19(10-14-21)25-22-23(18-7-11-20(32-3)12-8-18)27-28-24(22)26(30)29(25)15-6-16-31-2/h7-14,25H,4-6,15-17H2,1-3H3,(H,27,28). The van der Waals surface area contributed by atoms with Gasteiger partial charge in [0.25, 0.3) is 5.91 Å². The van der Waals surface area contributed by atoms with E-state index in [-0.39, 0.29) is 11.9 Å². The molecule has 1 unspecified atom stereocenters. The minimum Gasteiger partial charge on any atom is -0.497 e. The Hall–Kier alpha value is -3.32. The van der Waals surface area contributed by atoms with Gasteiger partial charge in [-0.1, -0.05) is 25.5 Å². The predicted octanol–water partition coefficient (Wildman–Crippen LogP) is 4.85. The van der Waals surface area contributed by atoms with Crippen LogP contribution in [0, 0.1) is 0 Å². The molecule has 2 aromatic carbocycles. The van der Waals surface area contributed by atoms with Gasteiger partial charge in [0.2, 0.25) is 0 Å². The van der Waals surface area contributed by atoms with E-state index < -0.39 is 0 Å². The van der Waals surface area contributed by atoms with Crippen molar-refractivity contribution in [3.8, 4) is 22.8 Å². The lowest BCUT2D eigenvalue weighted by Gasteiger charge is -2.26. The third-order valence-corrected chi connectivity index (χ3v) is 5.94. The van der Waals surface area contributed by atoms with Crippen molar-refractivity contribution in [3.63, 3.8) is 0 Å². The summed E-state index contributed by atoms with van der Waals surface area (Å²) in [4.78, 5) is 15.2. The summed E-state index contributed by atoms with van der Waals surface area (Å²) >= 11 is 0. The molecule has 174 valence electrons. The third-order valence-electron chi connectivity index (χ3n) is 5.94. The first kappa shape index (κ1) is 22.9. The molecule has 1 amide bonds. The minimum absolute atomic E-state index is 0.0402. The predicted molar refractivity (Wildman–Crippen MR) is 127 cm³/mol. The average Bonchev–Trinajstić information content (AvgIpc) is 3.39. The smallest absolute Gasteiger partial charge is 0.273 e. The van der Waals surface area contributed by atoms with Gasteiger partial charge in [-0.05, 0) is 54.8 Å². The normalized spacial score (nSPS) is 15.1. The van der Waals surface area contributed by atoms with Crippen LogP contribution < -0.4 is 9.47 Å². The second kappa shape index (κ2) is 10.5. The Morgan fingerprint density at radius 1 is 0.970 bits per heavy atom. The number of ether oxygens (including phenoxy) is 3. The summed E-state index contributed by atoms with van der Waals surface area (Å²) in [6.07, 6.45) is 2.87. The van der Waals surface area contributed by atoms with Gasteiger partial charge in [0.1, 0.15) is 17.2 Å². The first-order valence-corrected chi connectivity index (χ1v) is 11.4. The Morgan fingerprint density at radius 2 is 1.70 bits per heavy atom. The van der Waals surface area contributed by atoms with Gasteiger partial charge in [-0.25, -0.2) is 0 Å². The molecule has 1 aliphatic heterocycles. The van der Waals surface area contributed by atoms with Crippen molar-refractivity contribution in [2.24, 2.45) is 0 Å². The van der Waals surface area contributed by atoms with E-state index in [0.717, 1.165) is 53.1 Å². The molecule has 0 fully saturated rings. The van der Waals surface area contributed by atoms with Crippen molar-refractivity contribution in [1.29, 1.82) is 0 Å². The number of aromatic amines is 1. The zero-order valence-electron chi connectivity index (χ0n) is 19.5. The lowest BCUT2D eigenvalue weighted by Crippen LogP contribution is -2.31. The highest BCUT2D eigenvalue weighted by Gasteiger charge is 2.41. The highest BCUT2D eigenvalue weighted by atomic mass is 16.5. The molecule has 1 atom stereocenters. The van der Waals surface area contributed by atoms with Crippen LogP contribution in [0.4, 0.5) is 0 Å². The molecule has 0 spiro atoms. The fourth-order valence-electron chi connectivity index (χ4n) is 4.20. The van der Waals surface area contributed by atoms with Crippen LogP contribution >= 0.6 is 0 Å². The molecule has 0 bridgehead atoms. The van der Waals surface area contributed by atoms with Gasteiger partial charge in [-0.15, -0.1) is 0 Å². The maximum absolute atomic E-state index is 13.3. The van der Waals surface area contributed by atoms with Gasteiger partial charge in [-0.2, -0.15) is 5.10 Å². The Kier molecular flexibility index (Phi) is 7.29. The Bertz CT molecular complexity index is 1060. The van der Waals surface area contributed by atoms with Crippen LogP contribution in [-0.4, -0.2) is 55.0 Å². The fraction of sp³-hybridized carbons (Fsp3) is 0.385. The van der Waals surface area contributed by atoms with Gasteiger partial charge in [0.05, 0.1) is 25.5 Å². The lowest BCUT2D eigenvalue weighted by molar-refractivity contribution is 0.0723. The lowest BCUT2D eigenvalue weighted by atomic mass is 9.96. The summed E-state index contributed by atoms with van der Waals surface area (Å²) in [5, 5.41) is 7.53. The molecule has 0 saturated carbocycles. The second-order valence-corrected chi connectivity index (χ2v) is 8.11. The van der Waals surface area contributed by atoms with E-state index in [4.69, 9.17) is 14.2 Å². The van der Waals surface area contributed by atoms with Crippen LogP contribution in [0.2, 0.25) is 0 Å². The number of unbranched alkanes of at least 4 members (excludes halogenated alkanes) is 1. The number of hydrogen-bond acceptors (Lipinski definition) is 5. The summed E-state index contributed by atoms with van der Waals surface area (Å²) in [6, 6.07) is 15.6. The van der Waals surface area contributed by atoms with E-state index in [2.05, 4.69) is 17.1 Å². The number of benzene rings is 2. The second-order valence-electron chi connectivity index (χ2n) is 8.11. The number of nitrogens with zero attached hydrogens (tertiary/aromatic N) is 2. The van der Waals surface area contributed by atoms with Crippen molar-refractivity contribution >= 4 is 5.91 Å². The molecule has 0 aliphatic carbocycles. The molecule has 0 saturated heterocycles. The summed E-state index contributed by atoms with van der Waals surface area (Å²) in [6.45, 7) is 4.04. The number of H-pyrrole nitrogens is 1. The third kappa shape index (κ3) is 4.73. The van der Waals surface area contributed by atoms with Crippen molar-refractivity contribution in [2.45, 2.75) is 32.2 Å². The fourth-order valence-corrected chi connectivity index (χ4v) is 4.20. The summed E-state index contributed by atoms with van der Waals surface area (Å²) in [5.74, 6) is 1.57. The van der Waals surface area contributed by atoms with E-state index in [1.807, 2.05) is 53.4 Å². The van der Waals surface area contributed by atoms with E-state index in [0.29, 0.717) is 25.5 Å². The zero-order chi connectivity index (χ0) is 23.2. The van der Waals surface area contributed by atoms with Crippen LogP contribution in [0.3, 0.4) is 0 Å². The van der Waals surface area contributed by atoms with Crippen LogP contribution in [0.15, 0.2) is 48.5 Å². The number of aromatic nitrogens is 2. The number of carbonyl (C=O) groups is 1. The minimum atomic E-state index is -0.232. The van der Waals surface area contributed by atoms with Crippen LogP contribution in [-0.2, 0) is 4.74 Å². The van der Waals surface area contributed by atoms with Gasteiger partial charge in [0, 0.05) is 31.4 Å². The SMILES string of the molecule is CCCCOc1ccc(C2c3c(-c4ccc(OC)cc4)n[nH]c3C(=O)N2CCCOC)cc1. The van der Waals surface area contributed by atoms with Crippen molar-refractivity contribution < 1.29 is 19.0 Å². The summed E-state index contributed by atoms with van der Waals surface area (Å²) in [7, 11) is 3.32. The van der Waals surface area contributed by atoms with Crippen LogP contribution in [0.5, 0.6) is 11.5 Å². The topological polar surface area (TPSA) is 76.7 Å². The molecule has 7 heteroatoms. The number of methoxy groups -OCH3 is 2. The molecule has 33 heavy (non-hydrogen) atoms. The maximum atomic E-state index is 13.3. The first-order valence-electron chi connectivity index (χ1n) is 11.4. The molecule has 7 nitrogen and oxygen atoms in total. The number of rotatable bonds is 11. The van der Waals surface area contributed by atoms with Gasteiger partial charge in [-0.3, -0.25) is 9.89 Å². The zero-order valence-corrected chi connectivity index (χ0v) is 19.5. The van der Waals surface area contributed by atoms with Crippen molar-refractivity contribution in [3.05, 3.63) is 65.4 Å².